The van der Waals surface area contributed by atoms with Crippen LogP contribution >= 0.6 is 15.9 Å². The Morgan fingerprint density at radius 1 is 1.12 bits per heavy atom. The second-order valence-electron chi connectivity index (χ2n) is 5.77. The molecule has 0 bridgehead atoms. The molecule has 128 valence electrons. The molecule has 0 aliphatic carbocycles. The van der Waals surface area contributed by atoms with Gasteiger partial charge in [-0.3, -0.25) is 0 Å². The van der Waals surface area contributed by atoms with Gasteiger partial charge in [0.1, 0.15) is 5.82 Å². The van der Waals surface area contributed by atoms with E-state index in [9.17, 15) is 4.39 Å². The van der Waals surface area contributed by atoms with Gasteiger partial charge in [-0.05, 0) is 47.5 Å². The first kappa shape index (κ1) is 17.4. The molecular weight excluding hydrogens is 385 g/mol. The zero-order valence-electron chi connectivity index (χ0n) is 13.9. The van der Waals surface area contributed by atoms with Crippen molar-refractivity contribution >= 4 is 33.8 Å². The quantitative estimate of drug-likeness (QED) is 0.615. The molecule has 2 aromatic carbocycles. The summed E-state index contributed by atoms with van der Waals surface area (Å²) < 4.78 is 20.1. The molecule has 0 saturated carbocycles. The average molecular weight is 402 g/mol. The number of benzene rings is 2. The lowest BCUT2D eigenvalue weighted by Gasteiger charge is -2.15. The lowest BCUT2D eigenvalue weighted by atomic mass is 10.1. The third-order valence-electron chi connectivity index (χ3n) is 3.61. The Labute approximate surface area is 154 Å². The Bertz CT molecular complexity index is 905. The van der Waals surface area contributed by atoms with Crippen molar-refractivity contribution < 1.29 is 8.81 Å². The molecule has 25 heavy (non-hydrogen) atoms. The molecule has 0 radical (unpaired) electrons. The largest absolute Gasteiger partial charge is 0.421 e. The zero-order chi connectivity index (χ0) is 17.8. The molecule has 0 atom stereocenters. The summed E-state index contributed by atoms with van der Waals surface area (Å²) in [6.45, 7) is 0. The molecule has 0 spiro atoms. The highest BCUT2D eigenvalue weighted by molar-refractivity contribution is 9.10. The normalized spacial score (nSPS) is 11.2. The van der Waals surface area contributed by atoms with Crippen LogP contribution in [0.3, 0.4) is 0 Å². The fourth-order valence-corrected chi connectivity index (χ4v) is 2.88. The smallest absolute Gasteiger partial charge is 0.240 e. The number of rotatable bonds is 5. The predicted octanol–water partition coefficient (Wildman–Crippen LogP) is 4.80. The maximum Gasteiger partial charge on any atom is 0.240 e. The lowest BCUT2D eigenvalue weighted by molar-refractivity contribution is 0.496. The Hall–Kier alpha value is -2.47. The monoisotopic (exact) mass is 401 g/mol. The van der Waals surface area contributed by atoms with Crippen LogP contribution in [0.15, 0.2) is 51.4 Å². The van der Waals surface area contributed by atoms with Crippen molar-refractivity contribution in [2.24, 2.45) is 0 Å². The third-order valence-corrected chi connectivity index (χ3v) is 4.10. The van der Waals surface area contributed by atoms with E-state index in [4.69, 9.17) is 4.42 Å². The van der Waals surface area contributed by atoms with Gasteiger partial charge in [0.05, 0.1) is 6.42 Å². The first-order valence-corrected chi connectivity index (χ1v) is 8.52. The molecule has 0 N–H and O–H groups in total. The van der Waals surface area contributed by atoms with Crippen molar-refractivity contribution in [3.8, 4) is 0 Å². The maximum absolute atomic E-state index is 13.4. The van der Waals surface area contributed by atoms with Gasteiger partial charge in [-0.2, -0.15) is 0 Å². The second kappa shape index (κ2) is 7.61. The van der Waals surface area contributed by atoms with E-state index < -0.39 is 0 Å². The minimum Gasteiger partial charge on any atom is -0.421 e. The van der Waals surface area contributed by atoms with Crippen molar-refractivity contribution in [1.82, 2.24) is 10.2 Å². The van der Waals surface area contributed by atoms with E-state index in [1.165, 1.54) is 12.1 Å². The SMILES string of the molecule is CN(C)c1cc(F)ccc1/C=C/c1nnc(Cc2cccc(Br)c2)o1. The summed E-state index contributed by atoms with van der Waals surface area (Å²) in [4.78, 5) is 1.86. The van der Waals surface area contributed by atoms with Crippen LogP contribution in [0.4, 0.5) is 10.1 Å². The molecule has 4 nitrogen and oxygen atoms in total. The highest BCUT2D eigenvalue weighted by Crippen LogP contribution is 2.22. The highest BCUT2D eigenvalue weighted by atomic mass is 79.9. The molecule has 6 heteroatoms. The van der Waals surface area contributed by atoms with Crippen molar-refractivity contribution in [3.05, 3.63) is 75.7 Å². The zero-order valence-corrected chi connectivity index (χ0v) is 15.5. The first-order valence-electron chi connectivity index (χ1n) is 7.73. The maximum atomic E-state index is 13.4. The highest BCUT2D eigenvalue weighted by Gasteiger charge is 2.07. The summed E-state index contributed by atoms with van der Waals surface area (Å²) in [7, 11) is 3.74. The van der Waals surface area contributed by atoms with Gasteiger partial charge < -0.3 is 9.32 Å². The Kier molecular flexibility index (Phi) is 5.28. The fourth-order valence-electron chi connectivity index (χ4n) is 2.43. The molecule has 3 rings (SSSR count). The standard InChI is InChI=1S/C19H17BrFN3O/c1-24(2)17-12-16(21)8-6-14(17)7-9-18-22-23-19(25-18)11-13-4-3-5-15(20)10-13/h3-10,12H,11H2,1-2H3/b9-7+. The van der Waals surface area contributed by atoms with Crippen LogP contribution in [0, 0.1) is 5.82 Å². The number of aromatic nitrogens is 2. The summed E-state index contributed by atoms with van der Waals surface area (Å²) in [6.07, 6.45) is 4.14. The van der Waals surface area contributed by atoms with Gasteiger partial charge in [0.15, 0.2) is 0 Å². The van der Waals surface area contributed by atoms with Crippen LogP contribution in [0.5, 0.6) is 0 Å². The Balaban J connectivity index is 1.76. The van der Waals surface area contributed by atoms with Crippen molar-refractivity contribution in [2.75, 3.05) is 19.0 Å². The number of hydrogen-bond donors (Lipinski definition) is 0. The molecule has 0 aliphatic heterocycles. The van der Waals surface area contributed by atoms with Gasteiger partial charge in [0, 0.05) is 30.3 Å². The van der Waals surface area contributed by atoms with E-state index in [1.807, 2.05) is 49.3 Å². The molecule has 0 amide bonds. The number of hydrogen-bond acceptors (Lipinski definition) is 4. The van der Waals surface area contributed by atoms with Crippen molar-refractivity contribution in [2.45, 2.75) is 6.42 Å². The van der Waals surface area contributed by atoms with Gasteiger partial charge in [-0.1, -0.05) is 28.1 Å². The van der Waals surface area contributed by atoms with Crippen molar-refractivity contribution in [1.29, 1.82) is 0 Å². The number of nitrogens with zero attached hydrogens (tertiary/aromatic N) is 3. The van der Waals surface area contributed by atoms with Crippen LogP contribution < -0.4 is 4.90 Å². The summed E-state index contributed by atoms with van der Waals surface area (Å²) in [5.41, 5.74) is 2.74. The Morgan fingerprint density at radius 3 is 2.72 bits per heavy atom. The number of halogens is 2. The molecule has 0 aliphatic rings. The molecule has 0 fully saturated rings. The fraction of sp³-hybridized carbons (Fsp3) is 0.158. The van der Waals surface area contributed by atoms with Crippen LogP contribution in [-0.4, -0.2) is 24.3 Å². The van der Waals surface area contributed by atoms with E-state index in [0.29, 0.717) is 18.2 Å². The van der Waals surface area contributed by atoms with E-state index in [2.05, 4.69) is 26.1 Å². The van der Waals surface area contributed by atoms with Crippen LogP contribution in [0.2, 0.25) is 0 Å². The van der Waals surface area contributed by atoms with Gasteiger partial charge in [0.2, 0.25) is 11.8 Å². The van der Waals surface area contributed by atoms with Gasteiger partial charge in [-0.25, -0.2) is 4.39 Å². The molecule has 0 saturated heterocycles. The van der Waals surface area contributed by atoms with Crippen molar-refractivity contribution in [3.63, 3.8) is 0 Å². The minimum atomic E-state index is -0.269. The topological polar surface area (TPSA) is 42.2 Å². The van der Waals surface area contributed by atoms with Crippen LogP contribution in [0.1, 0.15) is 22.9 Å². The molecule has 1 aromatic heterocycles. The van der Waals surface area contributed by atoms with E-state index in [-0.39, 0.29) is 5.82 Å². The van der Waals surface area contributed by atoms with Gasteiger partial charge in [-0.15, -0.1) is 10.2 Å². The average Bonchev–Trinajstić information content (AvgIpc) is 3.01. The van der Waals surface area contributed by atoms with E-state index >= 15 is 0 Å². The van der Waals surface area contributed by atoms with Crippen LogP contribution in [0.25, 0.3) is 12.2 Å². The summed E-state index contributed by atoms with van der Waals surface area (Å²) >= 11 is 3.45. The molecule has 0 unspecified atom stereocenters. The second-order valence-corrected chi connectivity index (χ2v) is 6.69. The van der Waals surface area contributed by atoms with E-state index in [0.717, 1.165) is 21.3 Å². The summed E-state index contributed by atoms with van der Waals surface area (Å²) in [5, 5.41) is 8.11. The van der Waals surface area contributed by atoms with Gasteiger partial charge in [0.25, 0.3) is 0 Å². The predicted molar refractivity (Wildman–Crippen MR) is 101 cm³/mol. The Morgan fingerprint density at radius 2 is 1.96 bits per heavy atom. The molecule has 3 aromatic rings. The summed E-state index contributed by atoms with van der Waals surface area (Å²) in [6, 6.07) is 12.6. The molecule has 1 heterocycles. The first-order chi connectivity index (χ1) is 12.0. The number of anilines is 1. The molecular formula is C19H17BrFN3O. The lowest BCUT2D eigenvalue weighted by Crippen LogP contribution is -2.10. The van der Waals surface area contributed by atoms with E-state index in [1.54, 1.807) is 12.1 Å². The summed E-state index contributed by atoms with van der Waals surface area (Å²) in [5.74, 6) is 0.693. The van der Waals surface area contributed by atoms with Crippen LogP contribution in [-0.2, 0) is 6.42 Å². The third kappa shape index (κ3) is 4.54. The van der Waals surface area contributed by atoms with Gasteiger partial charge >= 0.3 is 0 Å². The minimum absolute atomic E-state index is 0.269.